The van der Waals surface area contributed by atoms with E-state index in [1.54, 1.807) is 30.0 Å². The summed E-state index contributed by atoms with van der Waals surface area (Å²) >= 11 is 2.57. The number of fused-ring (bicyclic) bond motifs is 3. The molecule has 0 aliphatic heterocycles. The Hall–Kier alpha value is -3.69. The maximum absolute atomic E-state index is 13.5. The Morgan fingerprint density at radius 1 is 1.09 bits per heavy atom. The first-order valence-corrected chi connectivity index (χ1v) is 12.3. The summed E-state index contributed by atoms with van der Waals surface area (Å²) in [7, 11) is 1.56. The van der Waals surface area contributed by atoms with Gasteiger partial charge < -0.3 is 10.1 Å². The number of nitrogens with one attached hydrogen (secondary N) is 1. The molecule has 1 N–H and O–H groups in total. The summed E-state index contributed by atoms with van der Waals surface area (Å²) in [5.41, 5.74) is 2.06. The summed E-state index contributed by atoms with van der Waals surface area (Å²) in [6.07, 6.45) is 1.71. The second-order valence-electron chi connectivity index (χ2n) is 7.44. The summed E-state index contributed by atoms with van der Waals surface area (Å²) in [6, 6.07) is 20.7. The molecule has 3 aromatic heterocycles. The molecular weight excluding hydrogens is 468 g/mol. The highest BCUT2D eigenvalue weighted by Crippen LogP contribution is 2.31. The van der Waals surface area contributed by atoms with Crippen LogP contribution < -0.4 is 15.6 Å². The normalized spacial score (nSPS) is 11.1. The number of rotatable bonds is 7. The van der Waals surface area contributed by atoms with Gasteiger partial charge in [0.2, 0.25) is 5.91 Å². The van der Waals surface area contributed by atoms with E-state index in [0.29, 0.717) is 33.4 Å². The van der Waals surface area contributed by atoms with E-state index in [1.165, 1.54) is 23.1 Å². The average Bonchev–Trinajstić information content (AvgIpc) is 3.24. The second kappa shape index (κ2) is 9.66. The van der Waals surface area contributed by atoms with Gasteiger partial charge in [-0.3, -0.25) is 14.2 Å². The van der Waals surface area contributed by atoms with Crippen molar-refractivity contribution in [1.29, 1.82) is 0 Å². The Morgan fingerprint density at radius 2 is 1.88 bits per heavy atom. The molecule has 0 atom stereocenters. The molecule has 34 heavy (non-hydrogen) atoms. The predicted molar refractivity (Wildman–Crippen MR) is 137 cm³/mol. The number of methoxy groups -OCH3 is 1. The molecule has 0 radical (unpaired) electrons. The molecule has 3 heterocycles. The van der Waals surface area contributed by atoms with Crippen LogP contribution in [0.2, 0.25) is 0 Å². The highest BCUT2D eigenvalue weighted by molar-refractivity contribution is 7.99. The lowest BCUT2D eigenvalue weighted by molar-refractivity contribution is -0.113. The van der Waals surface area contributed by atoms with E-state index >= 15 is 0 Å². The number of carbonyl (C=O) groups is 1. The third kappa shape index (κ3) is 4.40. The van der Waals surface area contributed by atoms with Crippen LogP contribution in [0.3, 0.4) is 0 Å². The van der Waals surface area contributed by atoms with Crippen molar-refractivity contribution < 1.29 is 9.53 Å². The lowest BCUT2D eigenvalue weighted by Crippen LogP contribution is -2.24. The molecule has 9 heteroatoms. The molecule has 0 aliphatic carbocycles. The molecule has 0 aliphatic rings. The van der Waals surface area contributed by atoms with Crippen LogP contribution in [0, 0.1) is 0 Å². The number of ether oxygens (including phenoxy) is 1. The van der Waals surface area contributed by atoms with Crippen LogP contribution in [0.1, 0.15) is 5.56 Å². The van der Waals surface area contributed by atoms with Gasteiger partial charge >= 0.3 is 0 Å². The Kier molecular flexibility index (Phi) is 6.29. The number of hydrogen-bond acceptors (Lipinski definition) is 7. The zero-order chi connectivity index (χ0) is 23.5. The third-order valence-corrected chi connectivity index (χ3v) is 7.28. The maximum atomic E-state index is 13.5. The van der Waals surface area contributed by atoms with Gasteiger partial charge in [0.25, 0.3) is 5.56 Å². The van der Waals surface area contributed by atoms with Crippen molar-refractivity contribution in [2.75, 3.05) is 18.2 Å². The lowest BCUT2D eigenvalue weighted by atomic mass is 10.2. The molecule has 1 amide bonds. The van der Waals surface area contributed by atoms with Crippen molar-refractivity contribution in [3.8, 4) is 5.75 Å². The van der Waals surface area contributed by atoms with Crippen molar-refractivity contribution >= 4 is 55.1 Å². The molecule has 0 fully saturated rings. The number of thiophene rings is 1. The van der Waals surface area contributed by atoms with Crippen LogP contribution in [0.25, 0.3) is 20.4 Å². The van der Waals surface area contributed by atoms with E-state index in [4.69, 9.17) is 9.72 Å². The van der Waals surface area contributed by atoms with Gasteiger partial charge in [-0.2, -0.15) is 0 Å². The Labute approximate surface area is 203 Å². The molecule has 2 aromatic carbocycles. The van der Waals surface area contributed by atoms with Crippen LogP contribution in [-0.4, -0.2) is 33.3 Å². The van der Waals surface area contributed by atoms with Gasteiger partial charge in [0.1, 0.15) is 15.3 Å². The van der Waals surface area contributed by atoms with Crippen LogP contribution in [-0.2, 0) is 11.3 Å². The summed E-state index contributed by atoms with van der Waals surface area (Å²) in [5.74, 6) is 0.455. The summed E-state index contributed by atoms with van der Waals surface area (Å²) < 4.78 is 7.50. The predicted octanol–water partition coefficient (Wildman–Crippen LogP) is 4.79. The van der Waals surface area contributed by atoms with E-state index in [1.807, 2.05) is 54.6 Å². The number of aromatic nitrogens is 3. The Morgan fingerprint density at radius 3 is 2.71 bits per heavy atom. The number of anilines is 1. The molecule has 0 unspecified atom stereocenters. The van der Waals surface area contributed by atoms with E-state index in [0.717, 1.165) is 15.8 Å². The summed E-state index contributed by atoms with van der Waals surface area (Å²) in [6.45, 7) is 0.362. The molecule has 5 rings (SSSR count). The largest absolute Gasteiger partial charge is 0.495 e. The summed E-state index contributed by atoms with van der Waals surface area (Å²) in [5, 5.41) is 4.20. The lowest BCUT2D eigenvalue weighted by Gasteiger charge is -2.13. The molecule has 5 aromatic rings. The van der Waals surface area contributed by atoms with Gasteiger partial charge in [0, 0.05) is 11.6 Å². The molecule has 170 valence electrons. The van der Waals surface area contributed by atoms with Gasteiger partial charge in [0.15, 0.2) is 5.16 Å². The second-order valence-corrected chi connectivity index (χ2v) is 9.39. The quantitative estimate of drug-likeness (QED) is 0.262. The molecule has 0 saturated carbocycles. The van der Waals surface area contributed by atoms with Crippen molar-refractivity contribution in [2.45, 2.75) is 11.7 Å². The van der Waals surface area contributed by atoms with Crippen molar-refractivity contribution in [2.24, 2.45) is 0 Å². The number of carbonyl (C=O) groups excluding carboxylic acids is 1. The number of benzene rings is 2. The van der Waals surface area contributed by atoms with Gasteiger partial charge in [-0.05, 0) is 29.8 Å². The number of pyridine rings is 1. The first-order chi connectivity index (χ1) is 16.6. The zero-order valence-electron chi connectivity index (χ0n) is 18.2. The average molecular weight is 489 g/mol. The molecule has 7 nitrogen and oxygen atoms in total. The fraction of sp³-hybridized carbons (Fsp3) is 0.120. The molecular formula is C25H20N4O3S2. The van der Waals surface area contributed by atoms with Gasteiger partial charge in [0.05, 0.1) is 30.6 Å². The Balaban J connectivity index is 1.50. The standard InChI is InChI=1S/C25H20N4O3S2/c1-32-19-12-6-5-11-18(19)27-20(30)15-33-25-28-21-17-10-7-13-26-23(17)34-22(21)24(31)29(25)14-16-8-3-2-4-9-16/h2-13H,14-15H2,1H3,(H,27,30). The van der Waals surface area contributed by atoms with Gasteiger partial charge in [-0.1, -0.05) is 54.2 Å². The van der Waals surface area contributed by atoms with Gasteiger partial charge in [-0.15, -0.1) is 11.3 Å². The van der Waals surface area contributed by atoms with Crippen LogP contribution >= 0.6 is 23.1 Å². The number of para-hydroxylation sites is 2. The first kappa shape index (κ1) is 22.1. The number of hydrogen-bond donors (Lipinski definition) is 1. The number of thioether (sulfide) groups is 1. The fourth-order valence-electron chi connectivity index (χ4n) is 3.62. The minimum absolute atomic E-state index is 0.0884. The molecule has 0 bridgehead atoms. The van der Waals surface area contributed by atoms with Crippen LogP contribution in [0.5, 0.6) is 5.75 Å². The monoisotopic (exact) mass is 488 g/mol. The van der Waals surface area contributed by atoms with Crippen LogP contribution in [0.4, 0.5) is 5.69 Å². The Bertz CT molecular complexity index is 1550. The fourth-order valence-corrected chi connectivity index (χ4v) is 5.44. The van der Waals surface area contributed by atoms with E-state index in [2.05, 4.69) is 10.3 Å². The number of amides is 1. The smallest absolute Gasteiger partial charge is 0.272 e. The highest BCUT2D eigenvalue weighted by atomic mass is 32.2. The molecule has 0 spiro atoms. The van der Waals surface area contributed by atoms with Crippen molar-refractivity contribution in [1.82, 2.24) is 14.5 Å². The van der Waals surface area contributed by atoms with Crippen molar-refractivity contribution in [3.63, 3.8) is 0 Å². The highest BCUT2D eigenvalue weighted by Gasteiger charge is 2.18. The summed E-state index contributed by atoms with van der Waals surface area (Å²) in [4.78, 5) is 36.2. The van der Waals surface area contributed by atoms with Crippen molar-refractivity contribution in [3.05, 3.63) is 88.8 Å². The number of nitrogens with zero attached hydrogens (tertiary/aromatic N) is 3. The van der Waals surface area contributed by atoms with Crippen LogP contribution in [0.15, 0.2) is 82.9 Å². The minimum atomic E-state index is -0.216. The topological polar surface area (TPSA) is 86.1 Å². The maximum Gasteiger partial charge on any atom is 0.272 e. The van der Waals surface area contributed by atoms with E-state index in [-0.39, 0.29) is 17.2 Å². The third-order valence-electron chi connectivity index (χ3n) is 5.21. The van der Waals surface area contributed by atoms with E-state index in [9.17, 15) is 9.59 Å². The zero-order valence-corrected chi connectivity index (χ0v) is 19.9. The SMILES string of the molecule is COc1ccccc1NC(=O)CSc1nc2c(sc3ncccc32)c(=O)n1Cc1ccccc1. The minimum Gasteiger partial charge on any atom is -0.495 e. The molecule has 0 saturated heterocycles. The first-order valence-electron chi connectivity index (χ1n) is 10.5. The van der Waals surface area contributed by atoms with E-state index < -0.39 is 0 Å². The van der Waals surface area contributed by atoms with Gasteiger partial charge in [-0.25, -0.2) is 9.97 Å².